The van der Waals surface area contributed by atoms with Gasteiger partial charge in [-0.3, -0.25) is 24.5 Å². The molecule has 3 saturated heterocycles. The predicted molar refractivity (Wildman–Crippen MR) is 227 cm³/mol. The zero-order valence-electron chi connectivity index (χ0n) is 35.6. The van der Waals surface area contributed by atoms with E-state index in [0.717, 1.165) is 5.56 Å². The minimum absolute atomic E-state index is 0.0239. The number of anilines is 2. The number of methoxy groups -OCH3 is 1. The fraction of sp³-hybridized carbons (Fsp3) is 0.571. The quantitative estimate of drug-likeness (QED) is 0.109. The van der Waals surface area contributed by atoms with Gasteiger partial charge in [0.2, 0.25) is 11.9 Å². The summed E-state index contributed by atoms with van der Waals surface area (Å²) in [5.41, 5.74) is 1.38. The van der Waals surface area contributed by atoms with E-state index in [4.69, 9.17) is 32.2 Å². The maximum Gasteiger partial charge on any atom is 0.335 e. The van der Waals surface area contributed by atoms with Crippen molar-refractivity contribution in [1.29, 1.82) is 0 Å². The third kappa shape index (κ3) is 8.32. The van der Waals surface area contributed by atoms with Crippen molar-refractivity contribution < 1.29 is 36.4 Å². The van der Waals surface area contributed by atoms with Gasteiger partial charge in [-0.05, 0) is 39.9 Å². The van der Waals surface area contributed by atoms with E-state index in [1.807, 2.05) is 41.3 Å². The van der Waals surface area contributed by atoms with Gasteiger partial charge in [0.1, 0.15) is 24.1 Å². The first kappa shape index (κ1) is 43.3. The number of aromatic nitrogens is 4. The van der Waals surface area contributed by atoms with E-state index in [-0.39, 0.29) is 64.0 Å². The zero-order chi connectivity index (χ0) is 42.3. The van der Waals surface area contributed by atoms with Crippen LogP contribution in [-0.2, 0) is 38.4 Å². The number of para-hydroxylation sites is 1. The van der Waals surface area contributed by atoms with E-state index in [9.17, 15) is 14.0 Å². The number of imidazole rings is 1. The molecule has 59 heavy (non-hydrogen) atoms. The Morgan fingerprint density at radius 3 is 2.24 bits per heavy atom. The number of halogens is 1. The molecule has 0 aliphatic carbocycles. The third-order valence-corrected chi connectivity index (χ3v) is 22.5. The number of H-pyrrole nitrogens is 1. The number of nitrogens with zero attached hydrogens (tertiary/aromatic N) is 4. The number of piperidine rings is 1. The molecular formula is C42H59FN6O8Si2. The van der Waals surface area contributed by atoms with Crippen LogP contribution in [0.25, 0.3) is 11.2 Å². The average molecular weight is 851 g/mol. The summed E-state index contributed by atoms with van der Waals surface area (Å²) in [4.78, 5) is 40.5. The molecule has 14 nitrogen and oxygen atoms in total. The highest BCUT2D eigenvalue weighted by atomic mass is 28.5. The minimum Gasteiger partial charge on any atom is -0.414 e. The van der Waals surface area contributed by atoms with Crippen LogP contribution in [0, 0.1) is 5.82 Å². The Bertz CT molecular complexity index is 2130. The SMILES string of the molecule is COC1(O[C@@H]2[C@@H]3O[Si](C(C)C)(C(C)C)O[Si](C(C)C)(C(C)C)OC[C@H]3O[C@H]2n2cnc3c(=O)[nH]c(NC(=O)Cc4ccccc4)nc32)CCN(c2ccccc2F)CC1. The van der Waals surface area contributed by atoms with E-state index in [0.29, 0.717) is 31.6 Å². The second-order valence-corrected chi connectivity index (χ2v) is 26.1. The van der Waals surface area contributed by atoms with Gasteiger partial charge in [0.25, 0.3) is 5.56 Å². The van der Waals surface area contributed by atoms with Crippen LogP contribution in [0.1, 0.15) is 80.0 Å². The van der Waals surface area contributed by atoms with Crippen molar-refractivity contribution in [2.24, 2.45) is 0 Å². The lowest BCUT2D eigenvalue weighted by Crippen LogP contribution is -2.66. The number of fused-ring (bicyclic) bond motifs is 2. The Morgan fingerprint density at radius 1 is 0.966 bits per heavy atom. The summed E-state index contributed by atoms with van der Waals surface area (Å²) in [6.07, 6.45) is -0.623. The highest BCUT2D eigenvalue weighted by molar-refractivity contribution is 6.84. The fourth-order valence-corrected chi connectivity index (χ4v) is 20.2. The molecule has 3 aliphatic heterocycles. The van der Waals surface area contributed by atoms with Crippen molar-refractivity contribution in [3.8, 4) is 0 Å². The van der Waals surface area contributed by atoms with Gasteiger partial charge < -0.3 is 32.1 Å². The molecule has 2 aromatic carbocycles. The van der Waals surface area contributed by atoms with Gasteiger partial charge in [-0.1, -0.05) is 97.9 Å². The molecule has 3 aliphatic rings. The molecule has 0 radical (unpaired) electrons. The van der Waals surface area contributed by atoms with Crippen molar-refractivity contribution in [1.82, 2.24) is 19.5 Å². The van der Waals surface area contributed by atoms with Crippen LogP contribution in [0.15, 0.2) is 65.7 Å². The predicted octanol–water partition coefficient (Wildman–Crippen LogP) is 7.32. The lowest BCUT2D eigenvalue weighted by Gasteiger charge is -2.52. The zero-order valence-corrected chi connectivity index (χ0v) is 37.6. The number of ether oxygens (including phenoxy) is 3. The van der Waals surface area contributed by atoms with E-state index in [2.05, 4.69) is 70.7 Å². The number of aromatic amines is 1. The summed E-state index contributed by atoms with van der Waals surface area (Å²) < 4.78 is 59.3. The number of benzene rings is 2. The molecule has 3 fully saturated rings. The molecule has 5 heterocycles. The molecule has 0 saturated carbocycles. The van der Waals surface area contributed by atoms with E-state index < -0.39 is 53.0 Å². The fourth-order valence-electron chi connectivity index (χ4n) is 9.02. The summed E-state index contributed by atoms with van der Waals surface area (Å²) in [7, 11) is -4.47. The van der Waals surface area contributed by atoms with Crippen molar-refractivity contribution in [3.05, 3.63) is 82.7 Å². The van der Waals surface area contributed by atoms with Crippen molar-refractivity contribution in [2.75, 3.05) is 37.0 Å². The van der Waals surface area contributed by atoms with Gasteiger partial charge in [-0.25, -0.2) is 9.37 Å². The van der Waals surface area contributed by atoms with Crippen LogP contribution in [-0.4, -0.2) is 93.5 Å². The highest BCUT2D eigenvalue weighted by Crippen LogP contribution is 2.50. The number of carbonyl (C=O) groups is 1. The summed E-state index contributed by atoms with van der Waals surface area (Å²) in [6, 6.07) is 16.1. The number of rotatable bonds is 12. The van der Waals surface area contributed by atoms with Gasteiger partial charge in [0, 0.05) is 33.0 Å². The highest BCUT2D eigenvalue weighted by Gasteiger charge is 2.63. The first-order valence-corrected chi connectivity index (χ1v) is 24.8. The normalized spacial score (nSPS) is 24.1. The van der Waals surface area contributed by atoms with Crippen LogP contribution < -0.4 is 15.8 Å². The lowest BCUT2D eigenvalue weighted by atomic mass is 10.0. The number of hydrogen-bond donors (Lipinski definition) is 2. The Balaban J connectivity index is 1.29. The van der Waals surface area contributed by atoms with Gasteiger partial charge in [-0.15, -0.1) is 0 Å². The number of amides is 1. The van der Waals surface area contributed by atoms with Crippen LogP contribution in [0.3, 0.4) is 0 Å². The van der Waals surface area contributed by atoms with Crippen molar-refractivity contribution >= 4 is 45.8 Å². The van der Waals surface area contributed by atoms with E-state index in [1.165, 1.54) is 12.4 Å². The molecule has 320 valence electrons. The number of nitrogens with one attached hydrogen (secondary N) is 2. The summed E-state index contributed by atoms with van der Waals surface area (Å²) in [5.74, 6) is -1.76. The molecule has 4 atom stereocenters. The number of carbonyl (C=O) groups excluding carboxylic acids is 1. The molecule has 0 spiro atoms. The molecular weight excluding hydrogens is 792 g/mol. The third-order valence-electron chi connectivity index (χ3n) is 12.2. The molecule has 2 aromatic heterocycles. The summed E-state index contributed by atoms with van der Waals surface area (Å²) in [6.45, 7) is 18.4. The Kier molecular flexibility index (Phi) is 12.7. The number of hydrogen-bond acceptors (Lipinski definition) is 11. The van der Waals surface area contributed by atoms with E-state index in [1.54, 1.807) is 23.8 Å². The van der Waals surface area contributed by atoms with Gasteiger partial charge in [-0.2, -0.15) is 4.98 Å². The Labute approximate surface area is 347 Å². The molecule has 2 N–H and O–H groups in total. The summed E-state index contributed by atoms with van der Waals surface area (Å²) >= 11 is 0. The second-order valence-electron chi connectivity index (χ2n) is 17.2. The molecule has 7 rings (SSSR count). The molecule has 1 amide bonds. The lowest BCUT2D eigenvalue weighted by molar-refractivity contribution is -0.275. The molecule has 0 unspecified atom stereocenters. The molecule has 0 bridgehead atoms. The largest absolute Gasteiger partial charge is 0.414 e. The second kappa shape index (κ2) is 17.3. The topological polar surface area (TPSA) is 151 Å². The first-order chi connectivity index (χ1) is 28.1. The maximum atomic E-state index is 14.9. The van der Waals surface area contributed by atoms with Gasteiger partial charge >= 0.3 is 17.1 Å². The maximum absolute atomic E-state index is 14.9. The standard InChI is InChI=1S/C42H59FN6O8Si2/c1-26(2)58(27(3)4)53-24-33-36(56-59(57-58,28(5)6)29(7)8)37(55-42(52-9)19-21-48(22-20-42)32-18-14-13-17-31(32)43)40(54-33)49-25-44-35-38(49)46-41(47-39(35)51)45-34(50)23-30-15-11-10-12-16-30/h10-18,25-29,33,36-37,40H,19-24H2,1-9H3,(H2,45,46,47,50,51)/t33-,36-,37-,40-/m1/s1. The van der Waals surface area contributed by atoms with Crippen molar-refractivity contribution in [2.45, 2.75) is 127 Å². The van der Waals surface area contributed by atoms with Crippen LogP contribution in [0.5, 0.6) is 0 Å². The summed E-state index contributed by atoms with van der Waals surface area (Å²) in [5, 5.41) is 2.76. The van der Waals surface area contributed by atoms with Gasteiger partial charge in [0.15, 0.2) is 23.2 Å². The Hall–Kier alpha value is -3.82. The average Bonchev–Trinajstić information content (AvgIpc) is 3.75. The first-order valence-electron chi connectivity index (χ1n) is 20.8. The van der Waals surface area contributed by atoms with Gasteiger partial charge in [0.05, 0.1) is 25.0 Å². The Morgan fingerprint density at radius 2 is 1.61 bits per heavy atom. The molecule has 17 heteroatoms. The smallest absolute Gasteiger partial charge is 0.335 e. The minimum atomic E-state index is -3.16. The van der Waals surface area contributed by atoms with E-state index >= 15 is 0 Å². The van der Waals surface area contributed by atoms with Crippen molar-refractivity contribution in [3.63, 3.8) is 0 Å². The monoisotopic (exact) mass is 850 g/mol. The van der Waals surface area contributed by atoms with Crippen LogP contribution in [0.2, 0.25) is 22.2 Å². The van der Waals surface area contributed by atoms with Crippen LogP contribution in [0.4, 0.5) is 16.0 Å². The van der Waals surface area contributed by atoms with Crippen LogP contribution >= 0.6 is 0 Å². The molecule has 4 aromatic rings.